The first kappa shape index (κ1) is 17.2. The molecule has 128 valence electrons. The third kappa shape index (κ3) is 4.91. The van der Waals surface area contributed by atoms with E-state index in [1.165, 1.54) is 64.6 Å². The highest BCUT2D eigenvalue weighted by Crippen LogP contribution is 2.38. The van der Waals surface area contributed by atoms with Gasteiger partial charge in [-0.3, -0.25) is 4.98 Å². The van der Waals surface area contributed by atoms with Gasteiger partial charge >= 0.3 is 0 Å². The van der Waals surface area contributed by atoms with E-state index in [1.807, 2.05) is 18.3 Å². The molecule has 3 nitrogen and oxygen atoms in total. The van der Waals surface area contributed by atoms with Crippen LogP contribution in [0, 0.1) is 5.92 Å². The lowest BCUT2D eigenvalue weighted by molar-refractivity contribution is 0.228. The first-order chi connectivity index (χ1) is 11.2. The number of likely N-dealkylation sites (tertiary alicyclic amines) is 1. The first-order valence-electron chi connectivity index (χ1n) is 9.24. The molecule has 1 aromatic heterocycles. The molecule has 1 N–H and O–H groups in total. The van der Waals surface area contributed by atoms with E-state index >= 15 is 0 Å². The summed E-state index contributed by atoms with van der Waals surface area (Å²) in [5.74, 6) is 1.45. The van der Waals surface area contributed by atoms with Crippen molar-refractivity contribution < 1.29 is 0 Å². The molecule has 0 amide bonds. The minimum absolute atomic E-state index is 0.571. The molecule has 4 heteroatoms. The minimum Gasteiger partial charge on any atom is -0.314 e. The number of hydrogen-bond donors (Lipinski definition) is 1. The van der Waals surface area contributed by atoms with Crippen LogP contribution in [-0.2, 0) is 0 Å². The van der Waals surface area contributed by atoms with Crippen molar-refractivity contribution in [3.63, 3.8) is 0 Å². The lowest BCUT2D eigenvalue weighted by Gasteiger charge is -2.31. The van der Waals surface area contributed by atoms with Gasteiger partial charge in [0.2, 0.25) is 0 Å². The van der Waals surface area contributed by atoms with Crippen LogP contribution >= 0.6 is 11.6 Å². The van der Waals surface area contributed by atoms with Crippen LogP contribution in [0.3, 0.4) is 0 Å². The van der Waals surface area contributed by atoms with Gasteiger partial charge in [-0.15, -0.1) is 0 Å². The molecular formula is C19H30ClN3. The van der Waals surface area contributed by atoms with Crippen LogP contribution in [0.5, 0.6) is 0 Å². The summed E-state index contributed by atoms with van der Waals surface area (Å²) in [5, 5.41) is 4.63. The number of halogens is 1. The van der Waals surface area contributed by atoms with Crippen LogP contribution in [0.2, 0.25) is 5.02 Å². The van der Waals surface area contributed by atoms with Gasteiger partial charge in [0, 0.05) is 18.2 Å². The number of rotatable bonds is 5. The van der Waals surface area contributed by atoms with E-state index < -0.39 is 0 Å². The Morgan fingerprint density at radius 3 is 2.61 bits per heavy atom. The monoisotopic (exact) mass is 335 g/mol. The molecule has 1 saturated heterocycles. The maximum atomic E-state index is 6.30. The molecule has 2 fully saturated rings. The lowest BCUT2D eigenvalue weighted by atomic mass is 9.79. The second-order valence-electron chi connectivity index (χ2n) is 7.41. The smallest absolute Gasteiger partial charge is 0.0624 e. The summed E-state index contributed by atoms with van der Waals surface area (Å²) in [6, 6.07) is 4.64. The van der Waals surface area contributed by atoms with Gasteiger partial charge in [-0.1, -0.05) is 11.6 Å². The number of nitrogens with zero attached hydrogens (tertiary/aromatic N) is 2. The normalized spacial score (nSPS) is 27.2. The Morgan fingerprint density at radius 2 is 1.91 bits per heavy atom. The molecule has 0 spiro atoms. The van der Waals surface area contributed by atoms with Crippen molar-refractivity contribution in [2.24, 2.45) is 5.92 Å². The number of aromatic nitrogens is 1. The molecule has 0 radical (unpaired) electrons. The van der Waals surface area contributed by atoms with E-state index in [9.17, 15) is 0 Å². The molecule has 2 aliphatic rings. The summed E-state index contributed by atoms with van der Waals surface area (Å²) in [4.78, 5) is 6.94. The van der Waals surface area contributed by atoms with Crippen molar-refractivity contribution in [2.45, 2.75) is 56.9 Å². The number of pyridine rings is 1. The van der Waals surface area contributed by atoms with Crippen LogP contribution in [0.4, 0.5) is 0 Å². The molecule has 0 bridgehead atoms. The summed E-state index contributed by atoms with van der Waals surface area (Å²) in [6.07, 6.45) is 11.0. The zero-order chi connectivity index (χ0) is 16.1. The SMILES string of the molecule is CN1CCC(NCCC2CCC(c3ncccc3Cl)CC2)CC1. The van der Waals surface area contributed by atoms with Crippen molar-refractivity contribution >= 4 is 11.6 Å². The topological polar surface area (TPSA) is 28.2 Å². The molecule has 1 aliphatic heterocycles. The minimum atomic E-state index is 0.571. The summed E-state index contributed by atoms with van der Waals surface area (Å²) >= 11 is 6.30. The number of piperidine rings is 1. The molecule has 1 aliphatic carbocycles. The molecule has 23 heavy (non-hydrogen) atoms. The van der Waals surface area contributed by atoms with Gasteiger partial charge in [0.25, 0.3) is 0 Å². The zero-order valence-electron chi connectivity index (χ0n) is 14.3. The average molecular weight is 336 g/mol. The highest BCUT2D eigenvalue weighted by atomic mass is 35.5. The van der Waals surface area contributed by atoms with Gasteiger partial charge < -0.3 is 10.2 Å². The number of nitrogens with one attached hydrogen (secondary N) is 1. The summed E-state index contributed by atoms with van der Waals surface area (Å²) in [6.45, 7) is 3.68. The van der Waals surface area contributed by atoms with Crippen LogP contribution in [0.1, 0.15) is 56.6 Å². The summed E-state index contributed by atoms with van der Waals surface area (Å²) < 4.78 is 0. The summed E-state index contributed by atoms with van der Waals surface area (Å²) in [5.41, 5.74) is 1.12. The van der Waals surface area contributed by atoms with E-state index in [1.54, 1.807) is 0 Å². The number of hydrogen-bond acceptors (Lipinski definition) is 3. The van der Waals surface area contributed by atoms with E-state index in [-0.39, 0.29) is 0 Å². The quantitative estimate of drug-likeness (QED) is 0.878. The molecule has 1 saturated carbocycles. The van der Waals surface area contributed by atoms with E-state index in [4.69, 9.17) is 11.6 Å². The molecular weight excluding hydrogens is 306 g/mol. The Kier molecular flexibility index (Phi) is 6.32. The fourth-order valence-corrected chi connectivity index (χ4v) is 4.40. The standard InChI is InChI=1S/C19H30ClN3/c1-23-13-9-17(10-14-23)21-12-8-15-4-6-16(7-5-15)19-18(20)3-2-11-22-19/h2-3,11,15-17,21H,4-10,12-14H2,1H3. The Labute approximate surface area is 145 Å². The van der Waals surface area contributed by atoms with Gasteiger partial charge in [-0.05, 0) is 89.7 Å². The average Bonchev–Trinajstić information content (AvgIpc) is 2.58. The molecule has 1 aromatic rings. The zero-order valence-corrected chi connectivity index (χ0v) is 15.1. The molecule has 0 atom stereocenters. The van der Waals surface area contributed by atoms with Gasteiger partial charge in [0.05, 0.1) is 10.7 Å². The van der Waals surface area contributed by atoms with Gasteiger partial charge in [-0.2, -0.15) is 0 Å². The Balaban J connectivity index is 1.36. The molecule has 0 aromatic carbocycles. The van der Waals surface area contributed by atoms with Crippen molar-refractivity contribution in [1.82, 2.24) is 15.2 Å². The van der Waals surface area contributed by atoms with E-state index in [0.29, 0.717) is 5.92 Å². The molecule has 3 rings (SSSR count). The Bertz CT molecular complexity index is 477. The van der Waals surface area contributed by atoms with Crippen LogP contribution in [0.15, 0.2) is 18.3 Å². The molecule has 2 heterocycles. The van der Waals surface area contributed by atoms with Gasteiger partial charge in [-0.25, -0.2) is 0 Å². The van der Waals surface area contributed by atoms with Crippen molar-refractivity contribution in [3.05, 3.63) is 29.0 Å². The largest absolute Gasteiger partial charge is 0.314 e. The third-order valence-electron chi connectivity index (χ3n) is 5.72. The molecule has 0 unspecified atom stereocenters. The van der Waals surface area contributed by atoms with Gasteiger partial charge in [0.15, 0.2) is 0 Å². The Hall–Kier alpha value is -0.640. The van der Waals surface area contributed by atoms with E-state index in [0.717, 1.165) is 22.7 Å². The Morgan fingerprint density at radius 1 is 1.17 bits per heavy atom. The maximum Gasteiger partial charge on any atom is 0.0624 e. The predicted molar refractivity (Wildman–Crippen MR) is 97.1 cm³/mol. The van der Waals surface area contributed by atoms with Crippen molar-refractivity contribution in [3.8, 4) is 0 Å². The highest BCUT2D eigenvalue weighted by molar-refractivity contribution is 6.31. The van der Waals surface area contributed by atoms with Gasteiger partial charge in [0.1, 0.15) is 0 Å². The highest BCUT2D eigenvalue weighted by Gasteiger charge is 2.24. The van der Waals surface area contributed by atoms with Crippen molar-refractivity contribution in [1.29, 1.82) is 0 Å². The first-order valence-corrected chi connectivity index (χ1v) is 9.62. The van der Waals surface area contributed by atoms with E-state index in [2.05, 4.69) is 22.2 Å². The second-order valence-corrected chi connectivity index (χ2v) is 7.82. The fraction of sp³-hybridized carbons (Fsp3) is 0.737. The predicted octanol–water partition coefficient (Wildman–Crippen LogP) is 4.08. The van der Waals surface area contributed by atoms with Crippen LogP contribution in [-0.4, -0.2) is 42.6 Å². The lowest BCUT2D eigenvalue weighted by Crippen LogP contribution is -2.41. The fourth-order valence-electron chi connectivity index (χ4n) is 4.13. The maximum absolute atomic E-state index is 6.30. The van der Waals surface area contributed by atoms with Crippen molar-refractivity contribution in [2.75, 3.05) is 26.7 Å². The third-order valence-corrected chi connectivity index (χ3v) is 6.04. The van der Waals surface area contributed by atoms with Crippen LogP contribution in [0.25, 0.3) is 0 Å². The van der Waals surface area contributed by atoms with Crippen LogP contribution < -0.4 is 5.32 Å². The second kappa shape index (κ2) is 8.46. The summed E-state index contributed by atoms with van der Waals surface area (Å²) in [7, 11) is 2.22.